The second-order valence-electron chi connectivity index (χ2n) is 6.77. The van der Waals surface area contributed by atoms with Crippen LogP contribution in [0.4, 0.5) is 10.1 Å². The third-order valence-corrected chi connectivity index (χ3v) is 5.73. The van der Waals surface area contributed by atoms with Gasteiger partial charge in [-0.1, -0.05) is 43.3 Å². The highest BCUT2D eigenvalue weighted by Crippen LogP contribution is 2.22. The minimum absolute atomic E-state index is 0.00482. The van der Waals surface area contributed by atoms with Gasteiger partial charge in [-0.25, -0.2) is 12.8 Å². The molecule has 0 fully saturated rings. The van der Waals surface area contributed by atoms with E-state index in [1.807, 2.05) is 31.2 Å². The molecule has 1 atom stereocenters. The van der Waals surface area contributed by atoms with Gasteiger partial charge in [-0.2, -0.15) is 0 Å². The van der Waals surface area contributed by atoms with Crippen LogP contribution in [0, 0.1) is 5.82 Å². The topological polar surface area (TPSA) is 66.5 Å². The van der Waals surface area contributed by atoms with Crippen molar-refractivity contribution < 1.29 is 17.6 Å². The van der Waals surface area contributed by atoms with E-state index in [9.17, 15) is 17.6 Å². The van der Waals surface area contributed by atoms with Crippen LogP contribution in [-0.4, -0.2) is 27.1 Å². The zero-order valence-electron chi connectivity index (χ0n) is 16.5. The van der Waals surface area contributed by atoms with Crippen molar-refractivity contribution >= 4 is 21.6 Å². The Morgan fingerprint density at radius 1 is 1.14 bits per heavy atom. The lowest BCUT2D eigenvalue weighted by Crippen LogP contribution is -2.33. The van der Waals surface area contributed by atoms with E-state index in [0.717, 1.165) is 22.5 Å². The highest BCUT2D eigenvalue weighted by atomic mass is 32.2. The summed E-state index contributed by atoms with van der Waals surface area (Å²) < 4.78 is 39.1. The maximum Gasteiger partial charge on any atom is 0.232 e. The molecule has 28 heavy (non-hydrogen) atoms. The van der Waals surface area contributed by atoms with Crippen LogP contribution in [0.2, 0.25) is 0 Å². The molecule has 2 aromatic carbocycles. The van der Waals surface area contributed by atoms with Crippen molar-refractivity contribution in [3.63, 3.8) is 0 Å². The summed E-state index contributed by atoms with van der Waals surface area (Å²) in [7, 11) is -3.65. The lowest BCUT2D eigenvalue weighted by atomic mass is 10.0. The van der Waals surface area contributed by atoms with Crippen molar-refractivity contribution in [2.45, 2.75) is 39.2 Å². The first kappa shape index (κ1) is 21.9. The fraction of sp³-hybridized carbons (Fsp3) is 0.381. The van der Waals surface area contributed by atoms with E-state index in [1.54, 1.807) is 6.07 Å². The molecule has 0 aromatic heterocycles. The van der Waals surface area contributed by atoms with Crippen LogP contribution in [0.15, 0.2) is 48.5 Å². The van der Waals surface area contributed by atoms with Crippen molar-refractivity contribution in [3.8, 4) is 0 Å². The maximum atomic E-state index is 14.0. The lowest BCUT2D eigenvalue weighted by molar-refractivity contribution is -0.121. The quantitative estimate of drug-likeness (QED) is 0.689. The van der Waals surface area contributed by atoms with E-state index in [1.165, 1.54) is 23.8 Å². The third kappa shape index (κ3) is 6.05. The minimum Gasteiger partial charge on any atom is -0.350 e. The van der Waals surface area contributed by atoms with Crippen LogP contribution in [0.1, 0.15) is 43.9 Å². The number of sulfonamides is 1. The van der Waals surface area contributed by atoms with Gasteiger partial charge in [0.25, 0.3) is 0 Å². The summed E-state index contributed by atoms with van der Waals surface area (Å²) in [5, 5.41) is 2.92. The molecular weight excluding hydrogens is 379 g/mol. The van der Waals surface area contributed by atoms with Crippen LogP contribution in [0.3, 0.4) is 0 Å². The van der Waals surface area contributed by atoms with Crippen molar-refractivity contribution in [3.05, 3.63) is 65.5 Å². The standard InChI is InChI=1S/C21H27FN2O3S/c1-4-17-11-13-18(14-12-17)16(2)23-21(25)10-7-15-24(28(3,26)27)20-9-6-5-8-19(20)22/h5-6,8-9,11-14,16H,4,7,10,15H2,1-3H3,(H,23,25)/t16-/m1/s1. The van der Waals surface area contributed by atoms with Gasteiger partial charge >= 0.3 is 0 Å². The summed E-state index contributed by atoms with van der Waals surface area (Å²) in [6, 6.07) is 13.6. The molecule has 0 spiro atoms. The van der Waals surface area contributed by atoms with Gasteiger partial charge in [0.1, 0.15) is 5.82 Å². The Balaban J connectivity index is 1.92. The Kier molecular flexibility index (Phi) is 7.57. The van der Waals surface area contributed by atoms with Crippen LogP contribution >= 0.6 is 0 Å². The SMILES string of the molecule is CCc1ccc([C@@H](C)NC(=O)CCCN(c2ccccc2F)S(C)(=O)=O)cc1. The lowest BCUT2D eigenvalue weighted by Gasteiger charge is -2.23. The Morgan fingerprint density at radius 3 is 2.36 bits per heavy atom. The van der Waals surface area contributed by atoms with Gasteiger partial charge in [-0.05, 0) is 43.0 Å². The second-order valence-corrected chi connectivity index (χ2v) is 8.68. The van der Waals surface area contributed by atoms with Crippen LogP contribution in [-0.2, 0) is 21.2 Å². The number of anilines is 1. The fourth-order valence-electron chi connectivity index (χ4n) is 2.94. The summed E-state index contributed by atoms with van der Waals surface area (Å²) in [4.78, 5) is 12.2. The monoisotopic (exact) mass is 406 g/mol. The molecule has 5 nitrogen and oxygen atoms in total. The fourth-order valence-corrected chi connectivity index (χ4v) is 3.91. The van der Waals surface area contributed by atoms with Gasteiger partial charge in [0.05, 0.1) is 18.0 Å². The molecule has 0 saturated carbocycles. The van der Waals surface area contributed by atoms with Gasteiger partial charge in [-0.15, -0.1) is 0 Å². The summed E-state index contributed by atoms with van der Waals surface area (Å²) in [5.41, 5.74) is 2.24. The zero-order chi connectivity index (χ0) is 20.7. The number of nitrogens with zero attached hydrogens (tertiary/aromatic N) is 1. The molecule has 0 unspecified atom stereocenters. The van der Waals surface area contributed by atoms with Gasteiger partial charge in [0.15, 0.2) is 0 Å². The molecule has 0 aliphatic rings. The number of hydrogen-bond acceptors (Lipinski definition) is 3. The number of aryl methyl sites for hydroxylation is 1. The normalized spacial score (nSPS) is 12.4. The summed E-state index contributed by atoms with van der Waals surface area (Å²) in [6.07, 6.45) is 2.42. The van der Waals surface area contributed by atoms with E-state index in [0.29, 0.717) is 0 Å². The molecule has 0 aliphatic heterocycles. The maximum absolute atomic E-state index is 14.0. The van der Waals surface area contributed by atoms with E-state index in [-0.39, 0.29) is 37.0 Å². The number of benzene rings is 2. The molecule has 1 amide bonds. The van der Waals surface area contributed by atoms with Crippen molar-refractivity contribution in [2.24, 2.45) is 0 Å². The second kappa shape index (κ2) is 9.68. The highest BCUT2D eigenvalue weighted by Gasteiger charge is 2.20. The van der Waals surface area contributed by atoms with E-state index >= 15 is 0 Å². The highest BCUT2D eigenvalue weighted by molar-refractivity contribution is 7.92. The molecule has 0 bridgehead atoms. The number of amides is 1. The molecule has 1 N–H and O–H groups in total. The molecule has 0 radical (unpaired) electrons. The molecule has 0 heterocycles. The average Bonchev–Trinajstić information content (AvgIpc) is 2.65. The number of para-hydroxylation sites is 1. The van der Waals surface area contributed by atoms with Gasteiger partial charge < -0.3 is 5.32 Å². The van der Waals surface area contributed by atoms with Crippen molar-refractivity contribution in [1.29, 1.82) is 0 Å². The summed E-state index contributed by atoms with van der Waals surface area (Å²) in [5.74, 6) is -0.782. The molecule has 7 heteroatoms. The van der Waals surface area contributed by atoms with Gasteiger partial charge in [0, 0.05) is 13.0 Å². The molecule has 2 aromatic rings. The number of carbonyl (C=O) groups excluding carboxylic acids is 1. The first-order chi connectivity index (χ1) is 13.2. The molecular formula is C21H27FN2O3S. The van der Waals surface area contributed by atoms with Crippen LogP contribution in [0.25, 0.3) is 0 Å². The summed E-state index contributed by atoms with van der Waals surface area (Å²) >= 11 is 0. The summed E-state index contributed by atoms with van der Waals surface area (Å²) in [6.45, 7) is 4.02. The average molecular weight is 407 g/mol. The smallest absolute Gasteiger partial charge is 0.232 e. The first-order valence-electron chi connectivity index (χ1n) is 9.32. The largest absolute Gasteiger partial charge is 0.350 e. The first-order valence-corrected chi connectivity index (χ1v) is 11.2. The Hall–Kier alpha value is -2.41. The number of nitrogens with one attached hydrogen (secondary N) is 1. The predicted octanol–water partition coefficient (Wildman–Crippen LogP) is 3.81. The van der Waals surface area contributed by atoms with E-state index < -0.39 is 15.8 Å². The zero-order valence-corrected chi connectivity index (χ0v) is 17.3. The van der Waals surface area contributed by atoms with Crippen molar-refractivity contribution in [1.82, 2.24) is 5.32 Å². The molecule has 152 valence electrons. The van der Waals surface area contributed by atoms with Crippen LogP contribution in [0.5, 0.6) is 0 Å². The number of hydrogen-bond donors (Lipinski definition) is 1. The Labute approximate surface area is 166 Å². The molecule has 2 rings (SSSR count). The Bertz CT molecular complexity index is 898. The molecule has 0 aliphatic carbocycles. The predicted molar refractivity (Wildman–Crippen MR) is 110 cm³/mol. The number of rotatable bonds is 9. The van der Waals surface area contributed by atoms with Crippen LogP contribution < -0.4 is 9.62 Å². The minimum atomic E-state index is -3.65. The number of halogens is 1. The molecule has 0 saturated heterocycles. The third-order valence-electron chi connectivity index (χ3n) is 4.55. The van der Waals surface area contributed by atoms with Crippen molar-refractivity contribution in [2.75, 3.05) is 17.1 Å². The van der Waals surface area contributed by atoms with E-state index in [4.69, 9.17) is 0 Å². The van der Waals surface area contributed by atoms with Gasteiger partial charge in [0.2, 0.25) is 15.9 Å². The number of carbonyl (C=O) groups is 1. The van der Waals surface area contributed by atoms with Gasteiger partial charge in [-0.3, -0.25) is 9.10 Å². The van der Waals surface area contributed by atoms with E-state index in [2.05, 4.69) is 12.2 Å². The Morgan fingerprint density at radius 2 is 1.79 bits per heavy atom.